The van der Waals surface area contributed by atoms with Crippen molar-refractivity contribution in [2.24, 2.45) is 0 Å². The van der Waals surface area contributed by atoms with Crippen molar-refractivity contribution in [3.05, 3.63) is 66.5 Å². The maximum atomic E-state index is 11.6. The van der Waals surface area contributed by atoms with Gasteiger partial charge in [0, 0.05) is 40.0 Å². The van der Waals surface area contributed by atoms with Crippen LogP contribution in [0.2, 0.25) is 0 Å². The molecule has 2 aromatic heterocycles. The van der Waals surface area contributed by atoms with Crippen LogP contribution in [0.5, 0.6) is 0 Å². The molecule has 0 aliphatic heterocycles. The molecule has 0 saturated carbocycles. The number of aromatic nitrogens is 1. The van der Waals surface area contributed by atoms with E-state index in [0.717, 1.165) is 16.6 Å². The number of aryl methyl sites for hydroxylation is 1. The highest BCUT2D eigenvalue weighted by atomic mass is 32.2. The number of fused-ring (bicyclic) bond motifs is 1. The van der Waals surface area contributed by atoms with Crippen molar-refractivity contribution < 1.29 is 14.1 Å². The normalized spacial score (nSPS) is 12.3. The number of carboxylic acid groups (broad SMARTS) is 1. The van der Waals surface area contributed by atoms with Crippen LogP contribution >= 0.6 is 0 Å². The maximum absolute atomic E-state index is 11.6. The number of benzene rings is 1. The van der Waals surface area contributed by atoms with E-state index < -0.39 is 16.8 Å². The molecule has 0 amide bonds. The van der Waals surface area contributed by atoms with E-state index in [1.807, 2.05) is 36.5 Å². The fourth-order valence-corrected chi connectivity index (χ4v) is 3.42. The summed E-state index contributed by atoms with van der Waals surface area (Å²) in [6.45, 7) is 0. The second-order valence-electron chi connectivity index (χ2n) is 5.40. The Balaban J connectivity index is 1.77. The van der Waals surface area contributed by atoms with Gasteiger partial charge in [-0.3, -0.25) is 9.00 Å². The fraction of sp³-hybridized carbons (Fsp3) is 0.167. The highest BCUT2D eigenvalue weighted by molar-refractivity contribution is 7.85. The van der Waals surface area contributed by atoms with Gasteiger partial charge in [-0.1, -0.05) is 36.4 Å². The number of aliphatic carboxylic acids is 1. The minimum Gasteiger partial charge on any atom is -0.481 e. The molecule has 23 heavy (non-hydrogen) atoms. The van der Waals surface area contributed by atoms with Gasteiger partial charge in [0.1, 0.15) is 5.75 Å². The zero-order valence-electron chi connectivity index (χ0n) is 12.5. The number of hydrogen-bond donors (Lipinski definition) is 1. The highest BCUT2D eigenvalue weighted by Crippen LogP contribution is 2.22. The van der Waals surface area contributed by atoms with Gasteiger partial charge in [-0.05, 0) is 29.7 Å². The Kier molecular flexibility index (Phi) is 4.57. The van der Waals surface area contributed by atoms with Crippen molar-refractivity contribution in [2.45, 2.75) is 6.42 Å². The topological polar surface area (TPSA) is 58.8 Å². The summed E-state index contributed by atoms with van der Waals surface area (Å²) in [5, 5.41) is 8.64. The highest BCUT2D eigenvalue weighted by Gasteiger charge is 2.07. The third-order valence-electron chi connectivity index (χ3n) is 3.66. The van der Waals surface area contributed by atoms with Gasteiger partial charge in [-0.15, -0.1) is 0 Å². The molecule has 1 N–H and O–H groups in total. The number of nitrogens with zero attached hydrogens (tertiary/aromatic N) is 1. The number of carbonyl (C=O) groups is 1. The summed E-state index contributed by atoms with van der Waals surface area (Å²) in [6.07, 6.45) is 4.69. The smallest absolute Gasteiger partial charge is 0.316 e. The molecule has 1 aromatic carbocycles. The van der Waals surface area contributed by atoms with Crippen LogP contribution in [-0.2, 0) is 22.0 Å². The lowest BCUT2D eigenvalue weighted by molar-refractivity contribution is -0.133. The Morgan fingerprint density at radius 3 is 2.57 bits per heavy atom. The third-order valence-corrected chi connectivity index (χ3v) is 4.89. The summed E-state index contributed by atoms with van der Waals surface area (Å²) in [5.74, 6) is -0.939. The van der Waals surface area contributed by atoms with Crippen molar-refractivity contribution in [3.8, 4) is 11.1 Å². The molecule has 3 aromatic rings. The van der Waals surface area contributed by atoms with Crippen LogP contribution in [0.25, 0.3) is 16.6 Å². The monoisotopic (exact) mass is 327 g/mol. The Morgan fingerprint density at radius 1 is 1.04 bits per heavy atom. The molecular weight excluding hydrogens is 310 g/mol. The molecule has 1 unspecified atom stereocenters. The molecule has 0 fully saturated rings. The van der Waals surface area contributed by atoms with Crippen molar-refractivity contribution in [3.63, 3.8) is 0 Å². The first-order chi connectivity index (χ1) is 11.1. The second-order valence-corrected chi connectivity index (χ2v) is 6.97. The quantitative estimate of drug-likeness (QED) is 0.757. The van der Waals surface area contributed by atoms with Gasteiger partial charge in [0.15, 0.2) is 0 Å². The van der Waals surface area contributed by atoms with E-state index in [9.17, 15) is 9.00 Å². The Bertz CT molecular complexity index is 855. The van der Waals surface area contributed by atoms with Gasteiger partial charge in [0.05, 0.1) is 0 Å². The van der Waals surface area contributed by atoms with Gasteiger partial charge < -0.3 is 9.51 Å². The van der Waals surface area contributed by atoms with Crippen molar-refractivity contribution in [1.82, 2.24) is 4.40 Å². The van der Waals surface area contributed by atoms with Crippen molar-refractivity contribution in [2.75, 3.05) is 11.5 Å². The molecule has 1 atom stereocenters. The SMILES string of the molecule is O=C(O)CS(=O)CCc1ccc2cc(-c3ccccc3)cn2c1. The molecule has 0 radical (unpaired) electrons. The van der Waals surface area contributed by atoms with Gasteiger partial charge >= 0.3 is 5.97 Å². The van der Waals surface area contributed by atoms with Crippen LogP contribution in [0.15, 0.2) is 60.9 Å². The van der Waals surface area contributed by atoms with Crippen LogP contribution in [-0.4, -0.2) is 31.2 Å². The Labute approximate surface area is 136 Å². The average molecular weight is 327 g/mol. The van der Waals surface area contributed by atoms with E-state index >= 15 is 0 Å². The molecular formula is C18H17NO3S. The summed E-state index contributed by atoms with van der Waals surface area (Å²) >= 11 is 0. The number of rotatable bonds is 6. The number of pyridine rings is 1. The van der Waals surface area contributed by atoms with Crippen molar-refractivity contribution >= 4 is 22.3 Å². The first-order valence-electron chi connectivity index (χ1n) is 7.34. The van der Waals surface area contributed by atoms with Crippen molar-refractivity contribution in [1.29, 1.82) is 0 Å². The molecule has 5 heteroatoms. The summed E-state index contributed by atoms with van der Waals surface area (Å²) in [7, 11) is -1.32. The lowest BCUT2D eigenvalue weighted by Gasteiger charge is -2.02. The summed E-state index contributed by atoms with van der Waals surface area (Å²) in [5.41, 5.74) is 4.46. The van der Waals surface area contributed by atoms with Gasteiger partial charge in [0.25, 0.3) is 0 Å². The number of carboxylic acids is 1. The fourth-order valence-electron chi connectivity index (χ4n) is 2.53. The zero-order chi connectivity index (χ0) is 16.2. The summed E-state index contributed by atoms with van der Waals surface area (Å²) < 4.78 is 13.7. The average Bonchev–Trinajstić information content (AvgIpc) is 2.96. The predicted molar refractivity (Wildman–Crippen MR) is 92.0 cm³/mol. The molecule has 118 valence electrons. The molecule has 0 aliphatic carbocycles. The van der Waals surface area contributed by atoms with E-state index in [2.05, 4.69) is 28.8 Å². The van der Waals surface area contributed by atoms with E-state index in [1.54, 1.807) is 0 Å². The molecule has 0 saturated heterocycles. The summed E-state index contributed by atoms with van der Waals surface area (Å²) in [6, 6.07) is 16.3. The van der Waals surface area contributed by atoms with E-state index in [4.69, 9.17) is 5.11 Å². The minimum atomic E-state index is -1.32. The largest absolute Gasteiger partial charge is 0.481 e. The first kappa shape index (κ1) is 15.5. The van der Waals surface area contributed by atoms with Crippen LogP contribution in [0.1, 0.15) is 5.56 Å². The minimum absolute atomic E-state index is 0.288. The van der Waals surface area contributed by atoms with E-state index in [1.165, 1.54) is 5.56 Å². The van der Waals surface area contributed by atoms with Crippen LogP contribution in [0.4, 0.5) is 0 Å². The lowest BCUT2D eigenvalue weighted by Crippen LogP contribution is -2.13. The molecule has 0 aliphatic rings. The molecule has 4 nitrogen and oxygen atoms in total. The van der Waals surface area contributed by atoms with Crippen LogP contribution in [0.3, 0.4) is 0 Å². The predicted octanol–water partition coefficient (Wildman–Crippen LogP) is 2.98. The van der Waals surface area contributed by atoms with E-state index in [-0.39, 0.29) is 5.75 Å². The zero-order valence-corrected chi connectivity index (χ0v) is 13.3. The molecule has 0 spiro atoms. The standard InChI is InChI=1S/C18H17NO3S/c20-18(21)13-23(22)9-8-14-6-7-17-10-16(12-19(17)11-14)15-4-2-1-3-5-15/h1-7,10-12H,8-9,13H2,(H,20,21). The number of hydrogen-bond acceptors (Lipinski definition) is 2. The lowest BCUT2D eigenvalue weighted by atomic mass is 10.1. The third kappa shape index (κ3) is 3.87. The van der Waals surface area contributed by atoms with Gasteiger partial charge in [0.2, 0.25) is 0 Å². The second kappa shape index (κ2) is 6.79. The van der Waals surface area contributed by atoms with Gasteiger partial charge in [-0.25, -0.2) is 0 Å². The Morgan fingerprint density at radius 2 is 1.83 bits per heavy atom. The summed E-state index contributed by atoms with van der Waals surface area (Å²) in [4.78, 5) is 10.5. The molecule has 2 heterocycles. The Hall–Kier alpha value is -2.40. The molecule has 0 bridgehead atoms. The first-order valence-corrected chi connectivity index (χ1v) is 8.83. The molecule has 3 rings (SSSR count). The van der Waals surface area contributed by atoms with Gasteiger partial charge in [-0.2, -0.15) is 0 Å². The maximum Gasteiger partial charge on any atom is 0.316 e. The van der Waals surface area contributed by atoms with Crippen LogP contribution < -0.4 is 0 Å². The van der Waals surface area contributed by atoms with E-state index in [0.29, 0.717) is 12.2 Å². The van der Waals surface area contributed by atoms with Crippen LogP contribution in [0, 0.1) is 0 Å².